The third-order valence-corrected chi connectivity index (χ3v) is 6.78. The molecule has 2 aromatic carbocycles. The quantitative estimate of drug-likeness (QED) is 0.621. The Morgan fingerprint density at radius 2 is 1.91 bits per heavy atom. The lowest BCUT2D eigenvalue weighted by atomic mass is 9.97. The second-order valence-corrected chi connectivity index (χ2v) is 9.43. The van der Waals surface area contributed by atoms with Crippen molar-refractivity contribution in [2.75, 3.05) is 24.4 Å². The highest BCUT2D eigenvalue weighted by molar-refractivity contribution is 7.92. The first-order valence-electron chi connectivity index (χ1n) is 9.92. The maximum atomic E-state index is 13.1. The average Bonchev–Trinajstić information content (AvgIpc) is 2.74. The Morgan fingerprint density at radius 3 is 2.53 bits per heavy atom. The number of alkyl halides is 3. The number of halogens is 4. The number of anilines is 1. The van der Waals surface area contributed by atoms with Gasteiger partial charge in [-0.3, -0.25) is 9.52 Å². The smallest absolute Gasteiger partial charge is 0.393 e. The van der Waals surface area contributed by atoms with Crippen molar-refractivity contribution in [1.82, 2.24) is 4.90 Å². The zero-order chi connectivity index (χ0) is 23.5. The Kier molecular flexibility index (Phi) is 7.24. The van der Waals surface area contributed by atoms with Crippen LogP contribution in [0, 0.1) is 5.92 Å². The molecular weight excluding hydrogens is 469 g/mol. The fourth-order valence-electron chi connectivity index (χ4n) is 3.43. The molecule has 1 heterocycles. The van der Waals surface area contributed by atoms with Gasteiger partial charge in [0.2, 0.25) is 0 Å². The highest BCUT2D eigenvalue weighted by Gasteiger charge is 2.43. The summed E-state index contributed by atoms with van der Waals surface area (Å²) in [5.41, 5.74) is 0.115. The minimum atomic E-state index is -4.41. The van der Waals surface area contributed by atoms with Gasteiger partial charge in [0, 0.05) is 18.8 Å². The van der Waals surface area contributed by atoms with Crippen molar-refractivity contribution in [2.24, 2.45) is 5.92 Å². The molecule has 0 aromatic heterocycles. The topological polar surface area (TPSA) is 75.7 Å². The molecule has 1 saturated heterocycles. The first-order chi connectivity index (χ1) is 15.0. The fraction of sp³-hybridized carbons (Fsp3) is 0.381. The van der Waals surface area contributed by atoms with Crippen LogP contribution in [0.15, 0.2) is 47.4 Å². The molecule has 1 fully saturated rings. The van der Waals surface area contributed by atoms with Gasteiger partial charge in [0.05, 0.1) is 28.0 Å². The van der Waals surface area contributed by atoms with E-state index < -0.39 is 34.6 Å². The molecule has 1 aliphatic rings. The zero-order valence-corrected chi connectivity index (χ0v) is 18.7. The van der Waals surface area contributed by atoms with Crippen LogP contribution in [0.2, 0.25) is 5.02 Å². The molecule has 0 radical (unpaired) electrons. The molecule has 32 heavy (non-hydrogen) atoms. The van der Waals surface area contributed by atoms with E-state index in [4.69, 9.17) is 16.3 Å². The number of carbonyl (C=O) groups is 1. The largest absolute Gasteiger partial charge is 0.494 e. The van der Waals surface area contributed by atoms with Gasteiger partial charge in [-0.2, -0.15) is 13.2 Å². The zero-order valence-electron chi connectivity index (χ0n) is 17.2. The Bertz CT molecular complexity index is 1080. The molecule has 0 saturated carbocycles. The molecule has 0 bridgehead atoms. The lowest BCUT2D eigenvalue weighted by molar-refractivity contribution is -0.184. The summed E-state index contributed by atoms with van der Waals surface area (Å²) in [6, 6.07) is 9.80. The van der Waals surface area contributed by atoms with E-state index in [0.29, 0.717) is 12.4 Å². The van der Waals surface area contributed by atoms with Gasteiger partial charge in [-0.1, -0.05) is 11.6 Å². The van der Waals surface area contributed by atoms with E-state index in [1.54, 1.807) is 12.1 Å². The number of benzene rings is 2. The highest BCUT2D eigenvalue weighted by Crippen LogP contribution is 2.34. The summed E-state index contributed by atoms with van der Waals surface area (Å²) in [6.07, 6.45) is -4.26. The number of likely N-dealkylation sites (tertiary alicyclic amines) is 1. The molecule has 0 spiro atoms. The van der Waals surface area contributed by atoms with Gasteiger partial charge < -0.3 is 9.64 Å². The van der Waals surface area contributed by atoms with E-state index in [0.717, 1.165) is 11.0 Å². The van der Waals surface area contributed by atoms with Gasteiger partial charge in [0.1, 0.15) is 5.75 Å². The third kappa shape index (κ3) is 5.66. The summed E-state index contributed by atoms with van der Waals surface area (Å²) in [4.78, 5) is 13.7. The van der Waals surface area contributed by atoms with Crippen molar-refractivity contribution in [1.29, 1.82) is 0 Å². The van der Waals surface area contributed by atoms with Crippen molar-refractivity contribution in [3.63, 3.8) is 0 Å². The second kappa shape index (κ2) is 9.58. The molecule has 6 nitrogen and oxygen atoms in total. The van der Waals surface area contributed by atoms with Crippen LogP contribution in [-0.2, 0) is 10.0 Å². The minimum absolute atomic E-state index is 0.0378. The lowest BCUT2D eigenvalue weighted by Crippen LogP contribution is -2.44. The van der Waals surface area contributed by atoms with E-state index >= 15 is 0 Å². The number of nitrogens with zero attached hydrogens (tertiary/aromatic N) is 1. The molecule has 1 atom stereocenters. The Balaban J connectivity index is 1.82. The summed E-state index contributed by atoms with van der Waals surface area (Å²) >= 11 is 6.10. The number of piperidine rings is 1. The third-order valence-electron chi connectivity index (χ3n) is 5.07. The highest BCUT2D eigenvalue weighted by atomic mass is 35.5. The van der Waals surface area contributed by atoms with Crippen LogP contribution in [0.25, 0.3) is 0 Å². The van der Waals surface area contributed by atoms with Crippen molar-refractivity contribution in [3.8, 4) is 5.75 Å². The van der Waals surface area contributed by atoms with Crippen LogP contribution >= 0.6 is 11.6 Å². The van der Waals surface area contributed by atoms with Crippen molar-refractivity contribution in [3.05, 3.63) is 53.1 Å². The number of carbonyl (C=O) groups excluding carboxylic acids is 1. The van der Waals surface area contributed by atoms with Gasteiger partial charge in [-0.15, -0.1) is 0 Å². The number of hydrogen-bond donors (Lipinski definition) is 1. The molecule has 0 aliphatic carbocycles. The Hall–Kier alpha value is -2.46. The summed E-state index contributed by atoms with van der Waals surface area (Å²) in [5.74, 6) is -1.78. The number of rotatable bonds is 6. The van der Waals surface area contributed by atoms with Crippen LogP contribution in [0.5, 0.6) is 5.75 Å². The van der Waals surface area contributed by atoms with E-state index in [1.165, 1.54) is 24.3 Å². The molecule has 174 valence electrons. The summed E-state index contributed by atoms with van der Waals surface area (Å²) in [7, 11) is -4.08. The van der Waals surface area contributed by atoms with E-state index in [9.17, 15) is 26.4 Å². The van der Waals surface area contributed by atoms with Gasteiger partial charge in [0.25, 0.3) is 15.9 Å². The monoisotopic (exact) mass is 490 g/mol. The first kappa shape index (κ1) is 24.2. The van der Waals surface area contributed by atoms with Gasteiger partial charge in [-0.25, -0.2) is 8.42 Å². The first-order valence-corrected chi connectivity index (χ1v) is 11.8. The molecule has 2 aromatic rings. The van der Waals surface area contributed by atoms with Crippen LogP contribution in [0.3, 0.4) is 0 Å². The molecule has 1 amide bonds. The molecule has 1 unspecified atom stereocenters. The Labute approximate surface area is 189 Å². The number of ether oxygens (including phenoxy) is 1. The standard InChI is InChI=1S/C21H22ClF3N2O4S/c1-2-31-16-7-5-15(6-8-16)26-32(29,30)17-9-10-19(22)18(12-17)20(28)27-11-3-4-14(13-27)21(23,24)25/h5-10,12,14,26H,2-4,11,13H2,1H3. The minimum Gasteiger partial charge on any atom is -0.494 e. The molecule has 1 N–H and O–H groups in total. The van der Waals surface area contributed by atoms with E-state index in [1.807, 2.05) is 6.92 Å². The van der Waals surface area contributed by atoms with Gasteiger partial charge in [0.15, 0.2) is 0 Å². The van der Waals surface area contributed by atoms with Gasteiger partial charge >= 0.3 is 6.18 Å². The summed E-state index contributed by atoms with van der Waals surface area (Å²) in [5, 5.41) is -0.0378. The van der Waals surface area contributed by atoms with Crippen LogP contribution in [0.4, 0.5) is 18.9 Å². The number of amides is 1. The van der Waals surface area contributed by atoms with Gasteiger partial charge in [-0.05, 0) is 62.2 Å². The van der Waals surface area contributed by atoms with Crippen LogP contribution in [-0.4, -0.2) is 45.1 Å². The van der Waals surface area contributed by atoms with Crippen LogP contribution < -0.4 is 9.46 Å². The normalized spacial score (nSPS) is 17.2. The fourth-order valence-corrected chi connectivity index (χ4v) is 4.72. The average molecular weight is 491 g/mol. The van der Waals surface area contributed by atoms with Crippen LogP contribution in [0.1, 0.15) is 30.1 Å². The summed E-state index contributed by atoms with van der Waals surface area (Å²) < 4.78 is 72.6. The lowest BCUT2D eigenvalue weighted by Gasteiger charge is -2.34. The summed E-state index contributed by atoms with van der Waals surface area (Å²) in [6.45, 7) is 1.94. The number of sulfonamides is 1. The maximum Gasteiger partial charge on any atom is 0.393 e. The predicted octanol–water partition coefficient (Wildman–Crippen LogP) is 4.95. The van der Waals surface area contributed by atoms with E-state index in [2.05, 4.69) is 4.72 Å². The molecular formula is C21H22ClF3N2O4S. The predicted molar refractivity (Wildman–Crippen MR) is 115 cm³/mol. The number of hydrogen-bond acceptors (Lipinski definition) is 4. The second-order valence-electron chi connectivity index (χ2n) is 7.34. The maximum absolute atomic E-state index is 13.1. The molecule has 1 aliphatic heterocycles. The van der Waals surface area contributed by atoms with E-state index in [-0.39, 0.29) is 40.6 Å². The van der Waals surface area contributed by atoms with Crippen molar-refractivity contribution < 1.29 is 31.1 Å². The number of nitrogens with one attached hydrogen (secondary N) is 1. The van der Waals surface area contributed by atoms with Crippen molar-refractivity contribution in [2.45, 2.75) is 30.8 Å². The SMILES string of the molecule is CCOc1ccc(NS(=O)(=O)c2ccc(Cl)c(C(=O)N3CCCC(C(F)(F)F)C3)c2)cc1. The molecule has 3 rings (SSSR count). The molecule has 11 heteroatoms. The van der Waals surface area contributed by atoms with Crippen molar-refractivity contribution >= 4 is 33.2 Å². The Morgan fingerprint density at radius 1 is 1.22 bits per heavy atom.